The molecular formula is C14H18ClNO4. The predicted molar refractivity (Wildman–Crippen MR) is 74.3 cm³/mol. The zero-order valence-electron chi connectivity index (χ0n) is 11.5. The summed E-state index contributed by atoms with van der Waals surface area (Å²) in [6, 6.07) is 7.30. The van der Waals surface area contributed by atoms with Crippen LogP contribution in [0.5, 0.6) is 0 Å². The van der Waals surface area contributed by atoms with Crippen molar-refractivity contribution in [2.24, 2.45) is 11.7 Å². The van der Waals surface area contributed by atoms with Crippen LogP contribution < -0.4 is 5.73 Å². The quantitative estimate of drug-likeness (QED) is 0.820. The number of methoxy groups -OCH3 is 1. The van der Waals surface area contributed by atoms with Crippen molar-refractivity contribution in [3.05, 3.63) is 34.9 Å². The van der Waals surface area contributed by atoms with E-state index in [1.54, 1.807) is 6.07 Å². The van der Waals surface area contributed by atoms with Crippen molar-refractivity contribution < 1.29 is 19.0 Å². The summed E-state index contributed by atoms with van der Waals surface area (Å²) in [6.45, 7) is 2.05. The van der Waals surface area contributed by atoms with Gasteiger partial charge in [-0.05, 0) is 12.5 Å². The highest BCUT2D eigenvalue weighted by molar-refractivity contribution is 6.31. The van der Waals surface area contributed by atoms with Crippen LogP contribution in [-0.4, -0.2) is 25.6 Å². The average Bonchev–Trinajstić information content (AvgIpc) is 3.02. The Balaban J connectivity index is 2.32. The zero-order chi connectivity index (χ0) is 14.8. The molecule has 3 unspecified atom stereocenters. The van der Waals surface area contributed by atoms with Gasteiger partial charge in [-0.2, -0.15) is 0 Å². The van der Waals surface area contributed by atoms with E-state index >= 15 is 0 Å². The number of hydrogen-bond acceptors (Lipinski definition) is 4. The summed E-state index contributed by atoms with van der Waals surface area (Å²) in [5.74, 6) is 0.146. The number of nitrogens with two attached hydrogens (primary N) is 1. The molecule has 2 N–H and O–H groups in total. The number of amides is 1. The second kappa shape index (κ2) is 5.99. The third-order valence-electron chi connectivity index (χ3n) is 3.57. The first-order valence-electron chi connectivity index (χ1n) is 6.34. The minimum absolute atomic E-state index is 0.0759. The molecule has 1 aliphatic rings. The van der Waals surface area contributed by atoms with Crippen molar-refractivity contribution >= 4 is 17.7 Å². The van der Waals surface area contributed by atoms with E-state index in [0.29, 0.717) is 11.4 Å². The van der Waals surface area contributed by atoms with Crippen LogP contribution in [0.25, 0.3) is 0 Å². The van der Waals surface area contributed by atoms with Crippen molar-refractivity contribution in [2.45, 2.75) is 25.0 Å². The largest absolute Gasteiger partial charge is 0.440 e. The fourth-order valence-electron chi connectivity index (χ4n) is 2.49. The van der Waals surface area contributed by atoms with E-state index < -0.39 is 17.8 Å². The number of halogens is 1. The first-order chi connectivity index (χ1) is 9.51. The first kappa shape index (κ1) is 15.1. The Morgan fingerprint density at radius 1 is 1.55 bits per heavy atom. The van der Waals surface area contributed by atoms with Gasteiger partial charge in [0.2, 0.25) is 0 Å². The van der Waals surface area contributed by atoms with Crippen LogP contribution in [0.3, 0.4) is 0 Å². The van der Waals surface area contributed by atoms with Crippen molar-refractivity contribution in [1.29, 1.82) is 0 Å². The van der Waals surface area contributed by atoms with Gasteiger partial charge in [-0.15, -0.1) is 0 Å². The lowest BCUT2D eigenvalue weighted by Crippen LogP contribution is -2.34. The topological polar surface area (TPSA) is 70.8 Å². The molecule has 6 heteroatoms. The number of ether oxygens (including phenoxy) is 3. The highest BCUT2D eigenvalue weighted by Crippen LogP contribution is 2.56. The average molecular weight is 300 g/mol. The van der Waals surface area contributed by atoms with E-state index in [4.69, 9.17) is 31.5 Å². The monoisotopic (exact) mass is 299 g/mol. The van der Waals surface area contributed by atoms with E-state index in [1.807, 2.05) is 25.1 Å². The minimum atomic E-state index is -0.813. The van der Waals surface area contributed by atoms with Crippen LogP contribution in [0.2, 0.25) is 5.02 Å². The maximum atomic E-state index is 11.2. The van der Waals surface area contributed by atoms with Gasteiger partial charge in [0.05, 0.1) is 0 Å². The smallest absolute Gasteiger partial charge is 0.405 e. The molecule has 1 aliphatic carbocycles. The maximum Gasteiger partial charge on any atom is 0.405 e. The molecule has 0 spiro atoms. The Labute approximate surface area is 122 Å². The Hall–Kier alpha value is -1.30. The fraction of sp³-hybridized carbons (Fsp3) is 0.500. The van der Waals surface area contributed by atoms with Gasteiger partial charge < -0.3 is 19.9 Å². The number of rotatable bonds is 6. The zero-order valence-corrected chi connectivity index (χ0v) is 12.2. The Kier molecular flexibility index (Phi) is 4.52. The van der Waals surface area contributed by atoms with Crippen LogP contribution >= 0.6 is 11.6 Å². The first-order valence-corrected chi connectivity index (χ1v) is 6.72. The molecule has 1 fully saturated rings. The van der Waals surface area contributed by atoms with E-state index in [-0.39, 0.29) is 12.7 Å². The third-order valence-corrected chi connectivity index (χ3v) is 3.92. The lowest BCUT2D eigenvalue weighted by Gasteiger charge is -2.28. The summed E-state index contributed by atoms with van der Waals surface area (Å²) < 4.78 is 16.0. The minimum Gasteiger partial charge on any atom is -0.440 e. The number of benzene rings is 1. The van der Waals surface area contributed by atoms with Gasteiger partial charge in [0.1, 0.15) is 18.5 Å². The SMILES string of the molecule is COCOC(c1ccccc1Cl)C1(OC(N)=O)CC1C. The number of carbonyl (C=O) groups is 1. The van der Waals surface area contributed by atoms with Crippen molar-refractivity contribution in [2.75, 3.05) is 13.9 Å². The second-order valence-corrected chi connectivity index (χ2v) is 5.36. The van der Waals surface area contributed by atoms with Gasteiger partial charge in [0.15, 0.2) is 0 Å². The summed E-state index contributed by atoms with van der Waals surface area (Å²) in [4.78, 5) is 11.2. The maximum absolute atomic E-state index is 11.2. The van der Waals surface area contributed by atoms with Gasteiger partial charge in [0, 0.05) is 23.6 Å². The number of primary amides is 1. The van der Waals surface area contributed by atoms with Gasteiger partial charge in [-0.3, -0.25) is 0 Å². The van der Waals surface area contributed by atoms with Crippen molar-refractivity contribution in [1.82, 2.24) is 0 Å². The molecule has 20 heavy (non-hydrogen) atoms. The molecule has 0 bridgehead atoms. The predicted octanol–water partition coefficient (Wildman–Crippen LogP) is 2.88. The summed E-state index contributed by atoms with van der Waals surface area (Å²) in [7, 11) is 1.53. The molecule has 2 rings (SSSR count). The van der Waals surface area contributed by atoms with Crippen molar-refractivity contribution in [3.63, 3.8) is 0 Å². The van der Waals surface area contributed by atoms with Gasteiger partial charge in [0.25, 0.3) is 0 Å². The Morgan fingerprint density at radius 3 is 2.70 bits per heavy atom. The normalized spacial score (nSPS) is 26.1. The molecule has 0 heterocycles. The molecule has 0 aliphatic heterocycles. The lowest BCUT2D eigenvalue weighted by atomic mass is 10.0. The molecule has 1 amide bonds. The summed E-state index contributed by atoms with van der Waals surface area (Å²) in [5.41, 5.74) is 5.17. The summed E-state index contributed by atoms with van der Waals surface area (Å²) in [6.07, 6.45) is -0.638. The molecule has 0 saturated heterocycles. The van der Waals surface area contributed by atoms with E-state index in [0.717, 1.165) is 5.56 Å². The molecule has 0 radical (unpaired) electrons. The number of hydrogen-bond donors (Lipinski definition) is 1. The van der Waals surface area contributed by atoms with Crippen molar-refractivity contribution in [3.8, 4) is 0 Å². The van der Waals surface area contributed by atoms with Gasteiger partial charge in [-0.1, -0.05) is 36.7 Å². The molecule has 1 aromatic carbocycles. The Bertz CT molecular complexity index is 496. The highest BCUT2D eigenvalue weighted by atomic mass is 35.5. The molecule has 5 nitrogen and oxygen atoms in total. The fourth-order valence-corrected chi connectivity index (χ4v) is 2.72. The van der Waals surface area contributed by atoms with E-state index in [9.17, 15) is 4.79 Å². The summed E-state index contributed by atoms with van der Waals surface area (Å²) in [5, 5.41) is 0.556. The van der Waals surface area contributed by atoms with Crippen LogP contribution in [0, 0.1) is 5.92 Å². The van der Waals surface area contributed by atoms with Crippen LogP contribution in [-0.2, 0) is 14.2 Å². The summed E-state index contributed by atoms with van der Waals surface area (Å²) >= 11 is 6.22. The third kappa shape index (κ3) is 2.90. The standard InChI is InChI=1S/C14H18ClNO4/c1-9-7-14(9,20-13(16)17)12(19-8-18-2)10-5-3-4-6-11(10)15/h3-6,9,12H,7-8H2,1-2H3,(H2,16,17). The molecule has 3 atom stereocenters. The molecule has 1 saturated carbocycles. The van der Waals surface area contributed by atoms with Gasteiger partial charge >= 0.3 is 6.09 Å². The molecule has 110 valence electrons. The van der Waals surface area contributed by atoms with Gasteiger partial charge in [-0.25, -0.2) is 4.79 Å². The molecular weight excluding hydrogens is 282 g/mol. The van der Waals surface area contributed by atoms with Crippen LogP contribution in [0.15, 0.2) is 24.3 Å². The van der Waals surface area contributed by atoms with Crippen LogP contribution in [0.1, 0.15) is 25.0 Å². The second-order valence-electron chi connectivity index (χ2n) is 4.96. The van der Waals surface area contributed by atoms with Crippen LogP contribution in [0.4, 0.5) is 4.79 Å². The number of carbonyl (C=O) groups excluding carboxylic acids is 1. The van der Waals surface area contributed by atoms with E-state index in [2.05, 4.69) is 0 Å². The molecule has 1 aromatic rings. The highest BCUT2D eigenvalue weighted by Gasteiger charge is 2.62. The molecule has 0 aromatic heterocycles. The Morgan fingerprint density at radius 2 is 2.20 bits per heavy atom. The van der Waals surface area contributed by atoms with E-state index in [1.165, 1.54) is 7.11 Å². The lowest BCUT2D eigenvalue weighted by molar-refractivity contribution is -0.128.